The second-order valence-corrected chi connectivity index (χ2v) is 4.07. The van der Waals surface area contributed by atoms with Crippen LogP contribution in [0.1, 0.15) is 33.1 Å². The monoisotopic (exact) mass is 208 g/mol. The summed E-state index contributed by atoms with van der Waals surface area (Å²) in [5.41, 5.74) is 0. The zero-order chi connectivity index (χ0) is 10.3. The Balaban J connectivity index is 3.32. The van der Waals surface area contributed by atoms with Crippen LogP contribution in [0.15, 0.2) is 0 Å². The lowest BCUT2D eigenvalue weighted by Crippen LogP contribution is -2.11. The maximum absolute atomic E-state index is 10.9. The molecule has 0 fully saturated rings. The zero-order valence-corrected chi connectivity index (χ0v) is 8.80. The third-order valence-corrected chi connectivity index (χ3v) is 1.95. The summed E-state index contributed by atoms with van der Waals surface area (Å²) in [6.07, 6.45) is 1.43. The number of ether oxygens (including phenoxy) is 1. The van der Waals surface area contributed by atoms with Gasteiger partial charge in [-0.2, -0.15) is 0 Å². The van der Waals surface area contributed by atoms with Crippen molar-refractivity contribution in [3.8, 4) is 0 Å². The molecule has 13 heavy (non-hydrogen) atoms. The van der Waals surface area contributed by atoms with Gasteiger partial charge < -0.3 is 9.29 Å². The molecule has 0 aliphatic heterocycles. The van der Waals surface area contributed by atoms with Crippen molar-refractivity contribution in [3.63, 3.8) is 0 Å². The summed E-state index contributed by atoms with van der Waals surface area (Å²) < 4.78 is 23.5. The molecule has 0 bridgehead atoms. The highest BCUT2D eigenvalue weighted by Crippen LogP contribution is 2.00. The lowest BCUT2D eigenvalue weighted by Gasteiger charge is -2.06. The van der Waals surface area contributed by atoms with E-state index in [1.807, 2.05) is 0 Å². The topological polar surface area (TPSA) is 63.6 Å². The fourth-order valence-electron chi connectivity index (χ4n) is 0.817. The average Bonchev–Trinajstić information content (AvgIpc) is 1.96. The van der Waals surface area contributed by atoms with Gasteiger partial charge in [-0.1, -0.05) is 0 Å². The molecular formula is C8H16O4S. The Morgan fingerprint density at radius 1 is 1.46 bits per heavy atom. The number of rotatable bonds is 6. The second kappa shape index (κ2) is 7.03. The van der Waals surface area contributed by atoms with Crippen LogP contribution in [0.2, 0.25) is 0 Å². The van der Waals surface area contributed by atoms with Gasteiger partial charge in [0.15, 0.2) is 11.1 Å². The van der Waals surface area contributed by atoms with Crippen molar-refractivity contribution in [2.75, 3.05) is 5.75 Å². The van der Waals surface area contributed by atoms with Gasteiger partial charge in [0.25, 0.3) is 0 Å². The van der Waals surface area contributed by atoms with Gasteiger partial charge in [-0.3, -0.25) is 4.79 Å². The molecule has 0 aromatic carbocycles. The molecule has 4 nitrogen and oxygen atoms in total. The van der Waals surface area contributed by atoms with Crippen molar-refractivity contribution in [3.05, 3.63) is 0 Å². The Kier molecular flexibility index (Phi) is 6.80. The molecule has 1 atom stereocenters. The molecule has 0 aliphatic carbocycles. The highest BCUT2D eigenvalue weighted by Gasteiger charge is 2.04. The Morgan fingerprint density at radius 2 is 2.08 bits per heavy atom. The maximum atomic E-state index is 10.9. The van der Waals surface area contributed by atoms with Gasteiger partial charge in [-0.05, 0) is 26.7 Å². The SMILES string of the molecule is CC(C)OC(=O)CCCCS(=O)O. The summed E-state index contributed by atoms with van der Waals surface area (Å²) in [5, 5.41) is 0. The number of esters is 1. The van der Waals surface area contributed by atoms with E-state index in [1.54, 1.807) is 13.8 Å². The van der Waals surface area contributed by atoms with Crippen molar-refractivity contribution >= 4 is 17.0 Å². The predicted molar refractivity (Wildman–Crippen MR) is 50.7 cm³/mol. The molecule has 78 valence electrons. The Labute approximate surface area is 80.9 Å². The Hall–Kier alpha value is -0.420. The standard InChI is InChI=1S/C8H16O4S/c1-7(2)12-8(9)5-3-4-6-13(10)11/h7H,3-6H2,1-2H3,(H,10,11). The first-order chi connectivity index (χ1) is 6.02. The van der Waals surface area contributed by atoms with Crippen molar-refractivity contribution in [2.24, 2.45) is 0 Å². The van der Waals surface area contributed by atoms with E-state index in [9.17, 15) is 9.00 Å². The van der Waals surface area contributed by atoms with E-state index in [-0.39, 0.29) is 17.8 Å². The highest BCUT2D eigenvalue weighted by molar-refractivity contribution is 7.79. The average molecular weight is 208 g/mol. The van der Waals surface area contributed by atoms with Crippen LogP contribution in [0.5, 0.6) is 0 Å². The first-order valence-corrected chi connectivity index (χ1v) is 5.57. The third-order valence-electron chi connectivity index (χ3n) is 1.32. The normalized spacial score (nSPS) is 12.9. The number of carbonyl (C=O) groups excluding carboxylic acids is 1. The Bertz CT molecular complexity index is 179. The van der Waals surface area contributed by atoms with Gasteiger partial charge in [0, 0.05) is 12.2 Å². The number of hydrogen-bond acceptors (Lipinski definition) is 3. The van der Waals surface area contributed by atoms with Gasteiger partial charge >= 0.3 is 5.97 Å². The smallest absolute Gasteiger partial charge is 0.306 e. The summed E-state index contributed by atoms with van der Waals surface area (Å²) in [6, 6.07) is 0. The van der Waals surface area contributed by atoms with E-state index >= 15 is 0 Å². The summed E-state index contributed by atoms with van der Waals surface area (Å²) in [4.78, 5) is 10.9. The van der Waals surface area contributed by atoms with E-state index in [4.69, 9.17) is 9.29 Å². The number of unbranched alkanes of at least 4 members (excludes halogenated alkanes) is 1. The second-order valence-electron chi connectivity index (χ2n) is 3.02. The van der Waals surface area contributed by atoms with E-state index in [1.165, 1.54) is 0 Å². The van der Waals surface area contributed by atoms with Crippen LogP contribution in [-0.2, 0) is 20.6 Å². The molecular weight excluding hydrogens is 192 g/mol. The summed E-state index contributed by atoms with van der Waals surface area (Å²) in [5.74, 6) is -0.00618. The Morgan fingerprint density at radius 3 is 2.54 bits per heavy atom. The van der Waals surface area contributed by atoms with Gasteiger partial charge in [-0.15, -0.1) is 0 Å². The fraction of sp³-hybridized carbons (Fsp3) is 0.875. The lowest BCUT2D eigenvalue weighted by molar-refractivity contribution is -0.147. The molecule has 0 radical (unpaired) electrons. The minimum Gasteiger partial charge on any atom is -0.463 e. The quantitative estimate of drug-likeness (QED) is 0.406. The summed E-state index contributed by atoms with van der Waals surface area (Å²) in [7, 11) is 0. The molecule has 0 heterocycles. The van der Waals surface area contributed by atoms with Crippen molar-refractivity contribution < 1.29 is 18.3 Å². The summed E-state index contributed by atoms with van der Waals surface area (Å²) >= 11 is -1.74. The van der Waals surface area contributed by atoms with Crippen molar-refractivity contribution in [1.82, 2.24) is 0 Å². The third kappa shape index (κ3) is 9.49. The van der Waals surface area contributed by atoms with Crippen LogP contribution in [-0.4, -0.2) is 26.6 Å². The zero-order valence-electron chi connectivity index (χ0n) is 7.99. The molecule has 0 saturated heterocycles. The first-order valence-electron chi connectivity index (χ1n) is 4.29. The maximum Gasteiger partial charge on any atom is 0.306 e. The molecule has 0 aromatic heterocycles. The van der Waals surface area contributed by atoms with Gasteiger partial charge in [0.05, 0.1) is 6.10 Å². The molecule has 0 aromatic rings. The molecule has 1 unspecified atom stereocenters. The lowest BCUT2D eigenvalue weighted by atomic mass is 10.2. The van der Waals surface area contributed by atoms with Crippen LogP contribution >= 0.6 is 0 Å². The number of carbonyl (C=O) groups is 1. The van der Waals surface area contributed by atoms with Crippen LogP contribution in [0.25, 0.3) is 0 Å². The summed E-state index contributed by atoms with van der Waals surface area (Å²) in [6.45, 7) is 3.58. The van der Waals surface area contributed by atoms with Gasteiger partial charge in [0.1, 0.15) is 0 Å². The molecule has 0 rings (SSSR count). The molecule has 0 amide bonds. The first kappa shape index (κ1) is 12.6. The van der Waals surface area contributed by atoms with E-state index in [2.05, 4.69) is 0 Å². The van der Waals surface area contributed by atoms with Crippen molar-refractivity contribution in [1.29, 1.82) is 0 Å². The van der Waals surface area contributed by atoms with E-state index in [0.29, 0.717) is 19.3 Å². The van der Waals surface area contributed by atoms with E-state index in [0.717, 1.165) is 0 Å². The largest absolute Gasteiger partial charge is 0.463 e. The van der Waals surface area contributed by atoms with Crippen LogP contribution in [0.3, 0.4) is 0 Å². The minimum atomic E-state index is -1.74. The van der Waals surface area contributed by atoms with Crippen molar-refractivity contribution in [2.45, 2.75) is 39.2 Å². The van der Waals surface area contributed by atoms with E-state index < -0.39 is 11.1 Å². The predicted octanol–water partition coefficient (Wildman–Crippen LogP) is 1.33. The van der Waals surface area contributed by atoms with Gasteiger partial charge in [0.2, 0.25) is 0 Å². The molecule has 0 saturated carbocycles. The highest BCUT2D eigenvalue weighted by atomic mass is 32.2. The number of hydrogen-bond donors (Lipinski definition) is 1. The minimum absolute atomic E-state index is 0.0838. The molecule has 5 heteroatoms. The van der Waals surface area contributed by atoms with Gasteiger partial charge in [-0.25, -0.2) is 4.21 Å². The van der Waals surface area contributed by atoms with Crippen LogP contribution in [0, 0.1) is 0 Å². The van der Waals surface area contributed by atoms with Crippen LogP contribution < -0.4 is 0 Å². The molecule has 1 N–H and O–H groups in total. The van der Waals surface area contributed by atoms with Crippen LogP contribution in [0.4, 0.5) is 0 Å². The molecule has 0 aliphatic rings. The fourth-order valence-corrected chi connectivity index (χ4v) is 1.27. The molecule has 0 spiro atoms.